The van der Waals surface area contributed by atoms with E-state index in [0.717, 1.165) is 17.8 Å². The molecule has 3 rings (SSSR count). The van der Waals surface area contributed by atoms with Crippen LogP contribution in [0.5, 0.6) is 0 Å². The van der Waals surface area contributed by atoms with Crippen LogP contribution in [0.25, 0.3) is 4.85 Å². The van der Waals surface area contributed by atoms with Crippen molar-refractivity contribution in [3.8, 4) is 0 Å². The first-order valence-electron chi connectivity index (χ1n) is 6.87. The lowest BCUT2D eigenvalue weighted by Gasteiger charge is -2.08. The Bertz CT molecular complexity index is 800. The number of hydrogen-bond donors (Lipinski definition) is 2. The third-order valence-electron chi connectivity index (χ3n) is 3.36. The molecule has 5 heteroatoms. The Morgan fingerprint density at radius 3 is 2.55 bits per heavy atom. The number of aliphatic imine (C=N–C) groups is 1. The molecular weight excluding hydrogens is 276 g/mol. The molecule has 0 aliphatic carbocycles. The molecule has 0 bridgehead atoms. The lowest BCUT2D eigenvalue weighted by Crippen LogP contribution is -2.19. The first kappa shape index (κ1) is 13.8. The molecule has 0 radical (unpaired) electrons. The molecule has 1 heterocycles. The fourth-order valence-electron chi connectivity index (χ4n) is 2.33. The van der Waals surface area contributed by atoms with Crippen LogP contribution in [0.4, 0.5) is 27.5 Å². The minimum Gasteiger partial charge on any atom is -0.308 e. The van der Waals surface area contributed by atoms with Gasteiger partial charge in [0.15, 0.2) is 5.69 Å². The quantitative estimate of drug-likeness (QED) is 0.784. The highest BCUT2D eigenvalue weighted by molar-refractivity contribution is 6.00. The third-order valence-corrected chi connectivity index (χ3v) is 3.36. The van der Waals surface area contributed by atoms with Gasteiger partial charge in [-0.3, -0.25) is 4.99 Å². The zero-order valence-electron chi connectivity index (χ0n) is 12.1. The molecule has 0 saturated carbocycles. The number of carbonyl (C=O) groups excluding carboxylic acids is 1. The van der Waals surface area contributed by atoms with E-state index in [1.165, 1.54) is 5.56 Å². The van der Waals surface area contributed by atoms with E-state index in [1.54, 1.807) is 24.3 Å². The number of nitrogens with one attached hydrogen (secondary N) is 2. The molecule has 2 amide bonds. The lowest BCUT2D eigenvalue weighted by molar-refractivity contribution is 0.262. The standard InChI is InChI=1S/C17H14N4O/c1-11-9-12-3-4-15(10-16(12)19-11)21-17(22)20-14-7-5-13(18-2)6-8-14/h3-8,10H,9H2,1H3,(H2,20,21,22). The van der Waals surface area contributed by atoms with Gasteiger partial charge in [0.1, 0.15) is 0 Å². The fourth-order valence-corrected chi connectivity index (χ4v) is 2.33. The van der Waals surface area contributed by atoms with Crippen molar-refractivity contribution in [2.75, 3.05) is 10.6 Å². The second-order valence-corrected chi connectivity index (χ2v) is 5.11. The van der Waals surface area contributed by atoms with Crippen LogP contribution in [0.1, 0.15) is 12.5 Å². The topological polar surface area (TPSA) is 57.9 Å². The highest BCUT2D eigenvalue weighted by Crippen LogP contribution is 2.29. The molecule has 2 aromatic carbocycles. The average Bonchev–Trinajstić information content (AvgIpc) is 2.87. The maximum atomic E-state index is 12.0. The highest BCUT2D eigenvalue weighted by Gasteiger charge is 2.12. The Kier molecular flexibility index (Phi) is 3.58. The van der Waals surface area contributed by atoms with Gasteiger partial charge in [-0.15, -0.1) is 0 Å². The summed E-state index contributed by atoms with van der Waals surface area (Å²) in [6.07, 6.45) is 0.870. The van der Waals surface area contributed by atoms with Crippen LogP contribution >= 0.6 is 0 Å². The van der Waals surface area contributed by atoms with Crippen LogP contribution in [0.15, 0.2) is 47.5 Å². The minimum absolute atomic E-state index is 0.325. The Hall–Kier alpha value is -3.13. The predicted octanol–water partition coefficient (Wildman–Crippen LogP) is 4.53. The maximum absolute atomic E-state index is 12.0. The average molecular weight is 290 g/mol. The Labute approximate surface area is 128 Å². The van der Waals surface area contributed by atoms with Crippen molar-refractivity contribution in [2.24, 2.45) is 4.99 Å². The Balaban J connectivity index is 1.67. The maximum Gasteiger partial charge on any atom is 0.323 e. The summed E-state index contributed by atoms with van der Waals surface area (Å²) in [4.78, 5) is 19.7. The number of rotatable bonds is 2. The van der Waals surface area contributed by atoms with Crippen LogP contribution in [0.3, 0.4) is 0 Å². The number of urea groups is 1. The summed E-state index contributed by atoms with van der Waals surface area (Å²) in [6.45, 7) is 8.89. The number of carbonyl (C=O) groups is 1. The zero-order valence-corrected chi connectivity index (χ0v) is 12.1. The van der Waals surface area contributed by atoms with Gasteiger partial charge in [-0.05, 0) is 36.8 Å². The number of fused-ring (bicyclic) bond motifs is 1. The summed E-state index contributed by atoms with van der Waals surface area (Å²) >= 11 is 0. The summed E-state index contributed by atoms with van der Waals surface area (Å²) in [6, 6.07) is 12.1. The molecule has 0 aromatic heterocycles. The highest BCUT2D eigenvalue weighted by atomic mass is 16.2. The zero-order chi connectivity index (χ0) is 15.5. The van der Waals surface area contributed by atoms with Crippen molar-refractivity contribution >= 4 is 34.5 Å². The molecule has 1 aliphatic heterocycles. The van der Waals surface area contributed by atoms with E-state index in [1.807, 2.05) is 25.1 Å². The van der Waals surface area contributed by atoms with Crippen molar-refractivity contribution in [1.29, 1.82) is 0 Å². The van der Waals surface area contributed by atoms with Gasteiger partial charge < -0.3 is 10.6 Å². The number of nitrogens with zero attached hydrogens (tertiary/aromatic N) is 2. The van der Waals surface area contributed by atoms with E-state index < -0.39 is 0 Å². The van der Waals surface area contributed by atoms with Gasteiger partial charge in [-0.2, -0.15) is 0 Å². The Morgan fingerprint density at radius 2 is 1.82 bits per heavy atom. The van der Waals surface area contributed by atoms with Crippen LogP contribution in [-0.4, -0.2) is 11.7 Å². The third kappa shape index (κ3) is 2.96. The van der Waals surface area contributed by atoms with E-state index in [0.29, 0.717) is 17.1 Å². The van der Waals surface area contributed by atoms with Gasteiger partial charge in [-0.25, -0.2) is 9.64 Å². The molecule has 2 N–H and O–H groups in total. The van der Waals surface area contributed by atoms with Gasteiger partial charge in [0, 0.05) is 23.5 Å². The summed E-state index contributed by atoms with van der Waals surface area (Å²) in [5.41, 5.74) is 5.05. The lowest BCUT2D eigenvalue weighted by atomic mass is 10.1. The van der Waals surface area contributed by atoms with Crippen molar-refractivity contribution in [2.45, 2.75) is 13.3 Å². The number of amides is 2. The molecule has 0 fully saturated rings. The molecule has 0 spiro atoms. The first-order valence-corrected chi connectivity index (χ1v) is 6.87. The van der Waals surface area contributed by atoms with Crippen molar-refractivity contribution < 1.29 is 4.79 Å². The van der Waals surface area contributed by atoms with E-state index in [9.17, 15) is 4.79 Å². The van der Waals surface area contributed by atoms with Gasteiger partial charge >= 0.3 is 6.03 Å². The van der Waals surface area contributed by atoms with Gasteiger partial charge in [0.05, 0.1) is 12.3 Å². The number of anilines is 2. The molecule has 0 atom stereocenters. The van der Waals surface area contributed by atoms with Crippen molar-refractivity contribution in [3.63, 3.8) is 0 Å². The van der Waals surface area contributed by atoms with E-state index in [-0.39, 0.29) is 6.03 Å². The summed E-state index contributed by atoms with van der Waals surface area (Å²) in [5, 5.41) is 5.51. The van der Waals surface area contributed by atoms with Gasteiger partial charge in [0.25, 0.3) is 0 Å². The Morgan fingerprint density at radius 1 is 1.14 bits per heavy atom. The second-order valence-electron chi connectivity index (χ2n) is 5.11. The molecule has 5 nitrogen and oxygen atoms in total. The minimum atomic E-state index is -0.325. The molecule has 0 unspecified atom stereocenters. The summed E-state index contributed by atoms with van der Waals surface area (Å²) in [7, 11) is 0. The van der Waals surface area contributed by atoms with E-state index in [2.05, 4.69) is 20.5 Å². The molecule has 2 aromatic rings. The summed E-state index contributed by atoms with van der Waals surface area (Å²) < 4.78 is 0. The van der Waals surface area contributed by atoms with Gasteiger partial charge in [0.2, 0.25) is 0 Å². The first-order chi connectivity index (χ1) is 10.6. The normalized spacial score (nSPS) is 12.1. The van der Waals surface area contributed by atoms with Crippen molar-refractivity contribution in [3.05, 3.63) is 59.4 Å². The SMILES string of the molecule is [C-]#[N+]c1ccc(NC(=O)Nc2ccc3c(c2)N=C(C)C3)cc1. The second kappa shape index (κ2) is 5.70. The smallest absolute Gasteiger partial charge is 0.308 e. The molecule has 1 aliphatic rings. The predicted molar refractivity (Wildman–Crippen MR) is 88.3 cm³/mol. The largest absolute Gasteiger partial charge is 0.323 e. The van der Waals surface area contributed by atoms with Crippen LogP contribution in [0.2, 0.25) is 0 Å². The monoisotopic (exact) mass is 290 g/mol. The van der Waals surface area contributed by atoms with Gasteiger partial charge in [-0.1, -0.05) is 18.2 Å². The van der Waals surface area contributed by atoms with Crippen LogP contribution in [0, 0.1) is 6.57 Å². The molecule has 108 valence electrons. The fraction of sp³-hybridized carbons (Fsp3) is 0.118. The summed E-state index contributed by atoms with van der Waals surface area (Å²) in [5.74, 6) is 0. The molecule has 22 heavy (non-hydrogen) atoms. The van der Waals surface area contributed by atoms with E-state index >= 15 is 0 Å². The molecular formula is C17H14N4O. The van der Waals surface area contributed by atoms with Crippen molar-refractivity contribution in [1.82, 2.24) is 0 Å². The number of benzene rings is 2. The van der Waals surface area contributed by atoms with Crippen LogP contribution < -0.4 is 10.6 Å². The number of hydrogen-bond acceptors (Lipinski definition) is 2. The van der Waals surface area contributed by atoms with E-state index in [4.69, 9.17) is 6.57 Å². The van der Waals surface area contributed by atoms with Crippen LogP contribution in [-0.2, 0) is 6.42 Å². The molecule has 0 saturated heterocycles.